The summed E-state index contributed by atoms with van der Waals surface area (Å²) < 4.78 is 10.1. The summed E-state index contributed by atoms with van der Waals surface area (Å²) in [5.41, 5.74) is 0.887. The Hall–Kier alpha value is -2.51. The summed E-state index contributed by atoms with van der Waals surface area (Å²) in [4.78, 5) is 11.9. The first-order valence-electron chi connectivity index (χ1n) is 8.25. The maximum Gasteiger partial charge on any atom is 0.306 e. The Balaban J connectivity index is 2.33. The third kappa shape index (κ3) is 4.98. The highest BCUT2D eigenvalue weighted by Crippen LogP contribution is 2.26. The molecule has 1 atom stereocenters. The van der Waals surface area contributed by atoms with Gasteiger partial charge in [-0.05, 0) is 24.3 Å². The van der Waals surface area contributed by atoms with Crippen LogP contribution in [-0.2, 0) is 9.53 Å². The van der Waals surface area contributed by atoms with Crippen molar-refractivity contribution in [2.45, 2.75) is 25.1 Å². The van der Waals surface area contributed by atoms with Gasteiger partial charge in [-0.2, -0.15) is 0 Å². The van der Waals surface area contributed by atoms with Crippen LogP contribution in [0.25, 0.3) is 0 Å². The van der Waals surface area contributed by atoms with Crippen LogP contribution in [0.15, 0.2) is 54.6 Å². The Morgan fingerprint density at radius 1 is 1.04 bits per heavy atom. The lowest BCUT2D eigenvalue weighted by Gasteiger charge is -2.28. The third-order valence-electron chi connectivity index (χ3n) is 4.47. The van der Waals surface area contributed by atoms with E-state index in [9.17, 15) is 4.79 Å². The summed E-state index contributed by atoms with van der Waals surface area (Å²) in [6, 6.07) is 18.0. The van der Waals surface area contributed by atoms with Crippen LogP contribution >= 0.6 is 0 Å². The predicted molar refractivity (Wildman–Crippen MR) is 104 cm³/mol. The van der Waals surface area contributed by atoms with Gasteiger partial charge in [-0.15, -0.1) is 0 Å². The van der Waals surface area contributed by atoms with Crippen molar-refractivity contribution < 1.29 is 14.3 Å². The molecule has 0 heterocycles. The summed E-state index contributed by atoms with van der Waals surface area (Å²) in [6.07, 6.45) is 0.313. The van der Waals surface area contributed by atoms with E-state index in [0.29, 0.717) is 6.42 Å². The van der Waals surface area contributed by atoms with Crippen LogP contribution in [0.5, 0.6) is 5.75 Å². The topological polar surface area (TPSA) is 35.5 Å². The molecule has 0 fully saturated rings. The fourth-order valence-corrected chi connectivity index (χ4v) is 5.21. The normalized spacial score (nSPS) is 11.8. The molecule has 0 bridgehead atoms. The van der Waals surface area contributed by atoms with Crippen molar-refractivity contribution in [2.75, 3.05) is 14.2 Å². The van der Waals surface area contributed by atoms with Crippen LogP contribution in [0, 0.1) is 11.8 Å². The van der Waals surface area contributed by atoms with Crippen LogP contribution in [0.1, 0.15) is 12.0 Å². The number of hydrogen-bond acceptors (Lipinski definition) is 3. The number of carbonyl (C=O) groups excluding carboxylic acids is 1. The van der Waals surface area contributed by atoms with Crippen molar-refractivity contribution >= 4 is 19.2 Å². The number of rotatable bonds is 5. The largest absolute Gasteiger partial charge is 0.497 e. The molecule has 0 spiro atoms. The Bertz CT molecular complexity index is 755. The lowest BCUT2D eigenvalue weighted by atomic mass is 10.2. The molecule has 2 rings (SSSR count). The minimum Gasteiger partial charge on any atom is -0.497 e. The van der Waals surface area contributed by atoms with Crippen molar-refractivity contribution in [2.24, 2.45) is 0 Å². The lowest BCUT2D eigenvalue weighted by Crippen LogP contribution is -2.46. The van der Waals surface area contributed by atoms with Crippen LogP contribution in [0.3, 0.4) is 0 Å². The monoisotopic (exact) mass is 352 g/mol. The molecule has 25 heavy (non-hydrogen) atoms. The highest BCUT2D eigenvalue weighted by atomic mass is 28.3. The molecule has 0 saturated heterocycles. The number of ether oxygens (including phenoxy) is 2. The first kappa shape index (κ1) is 18.8. The van der Waals surface area contributed by atoms with E-state index in [1.165, 1.54) is 12.3 Å². The van der Waals surface area contributed by atoms with Crippen molar-refractivity contribution in [3.8, 4) is 17.6 Å². The highest BCUT2D eigenvalue weighted by Gasteiger charge is 2.34. The second-order valence-electron chi connectivity index (χ2n) is 6.42. The summed E-state index contributed by atoms with van der Waals surface area (Å²) in [7, 11) is 1.11. The molecule has 4 heteroatoms. The summed E-state index contributed by atoms with van der Waals surface area (Å²) in [6.45, 7) is 4.50. The van der Waals surface area contributed by atoms with Gasteiger partial charge in [0, 0.05) is 11.1 Å². The first-order chi connectivity index (χ1) is 12.0. The molecule has 0 aliphatic rings. The molecule has 0 aromatic heterocycles. The second-order valence-corrected chi connectivity index (χ2v) is 11.1. The average Bonchev–Trinajstić information content (AvgIpc) is 2.65. The zero-order valence-corrected chi connectivity index (χ0v) is 16.2. The number of methoxy groups -OCH3 is 2. The number of hydrogen-bond donors (Lipinski definition) is 0. The van der Waals surface area contributed by atoms with Gasteiger partial charge in [0.2, 0.25) is 0 Å². The minimum atomic E-state index is -1.96. The third-order valence-corrected chi connectivity index (χ3v) is 8.38. The molecule has 0 amide bonds. The van der Waals surface area contributed by atoms with E-state index in [-0.39, 0.29) is 11.5 Å². The Morgan fingerprint density at radius 3 is 2.24 bits per heavy atom. The Kier molecular flexibility index (Phi) is 6.43. The zero-order chi connectivity index (χ0) is 18.3. The van der Waals surface area contributed by atoms with Gasteiger partial charge in [0.1, 0.15) is 5.75 Å². The highest BCUT2D eigenvalue weighted by molar-refractivity contribution is 6.91. The van der Waals surface area contributed by atoms with E-state index in [2.05, 4.69) is 37.1 Å². The Labute approximate surface area is 151 Å². The fourth-order valence-electron chi connectivity index (χ4n) is 2.65. The molecule has 0 unspecified atom stereocenters. The number of benzene rings is 2. The van der Waals surface area contributed by atoms with E-state index < -0.39 is 8.07 Å². The van der Waals surface area contributed by atoms with Gasteiger partial charge in [-0.3, -0.25) is 4.79 Å². The molecule has 2 aromatic rings. The predicted octanol–water partition coefficient (Wildman–Crippen LogP) is 3.60. The van der Waals surface area contributed by atoms with Gasteiger partial charge in [-0.25, -0.2) is 0 Å². The molecular weight excluding hydrogens is 328 g/mol. The molecule has 130 valence electrons. The Morgan fingerprint density at radius 2 is 1.68 bits per heavy atom. The van der Waals surface area contributed by atoms with Crippen LogP contribution < -0.4 is 9.92 Å². The van der Waals surface area contributed by atoms with Crippen LogP contribution in [0.2, 0.25) is 18.6 Å². The number of carbonyl (C=O) groups is 1. The van der Waals surface area contributed by atoms with E-state index in [1.54, 1.807) is 7.11 Å². The van der Waals surface area contributed by atoms with Crippen molar-refractivity contribution in [1.82, 2.24) is 0 Å². The number of esters is 1. The molecule has 2 aromatic carbocycles. The molecule has 0 N–H and O–H groups in total. The summed E-state index contributed by atoms with van der Waals surface area (Å²) in [5.74, 6) is 7.15. The van der Waals surface area contributed by atoms with Crippen molar-refractivity contribution in [3.63, 3.8) is 0 Å². The average molecular weight is 353 g/mol. The maximum atomic E-state index is 11.9. The van der Waals surface area contributed by atoms with E-state index in [0.717, 1.165) is 11.3 Å². The second kappa shape index (κ2) is 8.54. The molecule has 0 aliphatic carbocycles. The fraction of sp³-hybridized carbons (Fsp3) is 0.286. The SMILES string of the molecule is COC(=O)C[C@H](C#Cc1ccc(OC)cc1)[Si](C)(C)c1ccccc1. The van der Waals surface area contributed by atoms with Gasteiger partial charge < -0.3 is 9.47 Å². The zero-order valence-electron chi connectivity index (χ0n) is 15.2. The maximum absolute atomic E-state index is 11.9. The van der Waals surface area contributed by atoms with Gasteiger partial charge in [0.15, 0.2) is 0 Å². The van der Waals surface area contributed by atoms with Crippen molar-refractivity contribution in [1.29, 1.82) is 0 Å². The van der Waals surface area contributed by atoms with Gasteiger partial charge in [0.25, 0.3) is 0 Å². The standard InChI is InChI=1S/C21H24O3Si/c1-23-18-13-10-17(11-14-18)12-15-20(16-21(22)24-2)25(3,4)19-8-6-5-7-9-19/h5-11,13-14,20H,16H2,1-4H3/t20-/m0/s1. The molecule has 3 nitrogen and oxygen atoms in total. The first-order valence-corrected chi connectivity index (χ1v) is 11.3. The van der Waals surface area contributed by atoms with Crippen LogP contribution in [0.4, 0.5) is 0 Å². The molecular formula is C21H24O3Si. The molecule has 0 saturated carbocycles. The van der Waals surface area contributed by atoms with Crippen LogP contribution in [-0.4, -0.2) is 28.3 Å². The van der Waals surface area contributed by atoms with Gasteiger partial charge in [0.05, 0.1) is 28.7 Å². The minimum absolute atomic E-state index is 0.0237. The molecule has 0 radical (unpaired) electrons. The van der Waals surface area contributed by atoms with Gasteiger partial charge >= 0.3 is 5.97 Å². The van der Waals surface area contributed by atoms with Crippen molar-refractivity contribution in [3.05, 3.63) is 60.2 Å². The molecule has 0 aliphatic heterocycles. The van der Waals surface area contributed by atoms with E-state index in [1.807, 2.05) is 42.5 Å². The quantitative estimate of drug-likeness (QED) is 0.469. The van der Waals surface area contributed by atoms with E-state index in [4.69, 9.17) is 9.47 Å². The van der Waals surface area contributed by atoms with E-state index >= 15 is 0 Å². The van der Waals surface area contributed by atoms with Gasteiger partial charge in [-0.1, -0.05) is 60.5 Å². The summed E-state index contributed by atoms with van der Waals surface area (Å²) in [5, 5.41) is 1.29. The smallest absolute Gasteiger partial charge is 0.306 e. The summed E-state index contributed by atoms with van der Waals surface area (Å²) >= 11 is 0. The lowest BCUT2D eigenvalue weighted by molar-refractivity contribution is -0.140.